The van der Waals surface area contributed by atoms with E-state index in [9.17, 15) is 0 Å². The van der Waals surface area contributed by atoms with Gasteiger partial charge in [0, 0.05) is 31.4 Å². The Hall–Kier alpha value is -2.40. The normalized spacial score (nSPS) is 20.0. The highest BCUT2D eigenvalue weighted by Gasteiger charge is 2.27. The maximum Gasteiger partial charge on any atom is 0.158 e. The minimum absolute atomic E-state index is 0.234. The van der Waals surface area contributed by atoms with Crippen molar-refractivity contribution >= 4 is 10.9 Å². The Balaban J connectivity index is 1.51. The first kappa shape index (κ1) is 15.8. The van der Waals surface area contributed by atoms with Gasteiger partial charge in [-0.15, -0.1) is 0 Å². The molecule has 1 aliphatic heterocycles. The molecule has 1 aromatic carbocycles. The zero-order valence-electron chi connectivity index (χ0n) is 15.0. The van der Waals surface area contributed by atoms with Gasteiger partial charge in [-0.25, -0.2) is 9.97 Å². The van der Waals surface area contributed by atoms with Crippen molar-refractivity contribution in [3.63, 3.8) is 0 Å². The van der Waals surface area contributed by atoms with E-state index in [1.807, 2.05) is 30.1 Å². The first-order chi connectivity index (χ1) is 12.8. The van der Waals surface area contributed by atoms with Crippen molar-refractivity contribution in [2.45, 2.75) is 37.7 Å². The van der Waals surface area contributed by atoms with E-state index >= 15 is 0 Å². The summed E-state index contributed by atoms with van der Waals surface area (Å²) < 4.78 is 13.7. The van der Waals surface area contributed by atoms with Crippen molar-refractivity contribution in [2.24, 2.45) is 7.05 Å². The highest BCUT2D eigenvalue weighted by molar-refractivity contribution is 5.86. The van der Waals surface area contributed by atoms with E-state index in [2.05, 4.69) is 23.2 Å². The molecule has 1 saturated carbocycles. The molecule has 0 spiro atoms. The summed E-state index contributed by atoms with van der Waals surface area (Å²) in [6.07, 6.45) is 8.74. The topological polar surface area (TPSA) is 49.2 Å². The van der Waals surface area contributed by atoms with Gasteiger partial charge in [0.15, 0.2) is 5.82 Å². The number of ether oxygens (including phenoxy) is 2. The van der Waals surface area contributed by atoms with Gasteiger partial charge in [0.25, 0.3) is 0 Å². The van der Waals surface area contributed by atoms with Crippen LogP contribution in [0, 0.1) is 0 Å². The summed E-state index contributed by atoms with van der Waals surface area (Å²) >= 11 is 0. The van der Waals surface area contributed by atoms with Crippen LogP contribution in [0.4, 0.5) is 0 Å². The number of hydrogen-bond donors (Lipinski definition) is 0. The summed E-state index contributed by atoms with van der Waals surface area (Å²) in [5.41, 5.74) is 3.33. The fraction of sp³-hybridized carbons (Fsp3) is 0.429. The molecule has 2 aliphatic rings. The van der Waals surface area contributed by atoms with E-state index in [0.717, 1.165) is 42.2 Å². The highest BCUT2D eigenvalue weighted by atomic mass is 16.5. The second-order valence-electron chi connectivity index (χ2n) is 7.36. The van der Waals surface area contributed by atoms with Crippen molar-refractivity contribution in [1.29, 1.82) is 0 Å². The molecule has 0 amide bonds. The second-order valence-corrected chi connectivity index (χ2v) is 7.36. The summed E-state index contributed by atoms with van der Waals surface area (Å²) in [7, 11) is 2.01. The van der Waals surface area contributed by atoms with Crippen LogP contribution in [0.2, 0.25) is 0 Å². The third-order valence-corrected chi connectivity index (χ3v) is 5.34. The summed E-state index contributed by atoms with van der Waals surface area (Å²) in [4.78, 5) is 9.33. The molecule has 1 unspecified atom stereocenters. The molecular formula is C21H23N3O2. The van der Waals surface area contributed by atoms with E-state index in [0.29, 0.717) is 12.5 Å². The maximum absolute atomic E-state index is 6.01. The Morgan fingerprint density at radius 1 is 1.23 bits per heavy atom. The first-order valence-electron chi connectivity index (χ1n) is 9.45. The summed E-state index contributed by atoms with van der Waals surface area (Å²) in [6.45, 7) is 1.49. The van der Waals surface area contributed by atoms with E-state index in [1.165, 1.54) is 23.8 Å². The number of rotatable bonds is 5. The van der Waals surface area contributed by atoms with Crippen LogP contribution in [0.15, 0.2) is 36.7 Å². The Bertz CT molecular complexity index is 940. The van der Waals surface area contributed by atoms with Crippen molar-refractivity contribution in [1.82, 2.24) is 14.5 Å². The molecule has 26 heavy (non-hydrogen) atoms. The molecule has 2 aromatic heterocycles. The molecule has 2 fully saturated rings. The van der Waals surface area contributed by atoms with Crippen LogP contribution >= 0.6 is 0 Å². The minimum atomic E-state index is 0.234. The monoisotopic (exact) mass is 349 g/mol. The van der Waals surface area contributed by atoms with Gasteiger partial charge >= 0.3 is 0 Å². The minimum Gasteiger partial charge on any atom is -0.491 e. The number of pyridine rings is 1. The van der Waals surface area contributed by atoms with Crippen LogP contribution < -0.4 is 4.74 Å². The van der Waals surface area contributed by atoms with Gasteiger partial charge < -0.3 is 14.0 Å². The van der Waals surface area contributed by atoms with Gasteiger partial charge in [-0.05, 0) is 61.4 Å². The average Bonchev–Trinajstić information content (AvgIpc) is 3.19. The Kier molecular flexibility index (Phi) is 3.89. The summed E-state index contributed by atoms with van der Waals surface area (Å²) in [5.74, 6) is 2.45. The predicted octanol–water partition coefficient (Wildman–Crippen LogP) is 4.07. The SMILES string of the molecule is Cn1ccnc1-c1cc(C2CC2)c2cc(OCC3CCCO3)ccc2n1. The standard InChI is InChI=1S/C21H23N3O2/c1-24-9-8-22-21(24)20-12-17(14-4-5-14)18-11-15(6-7-19(18)23-20)26-13-16-3-2-10-25-16/h6-9,11-12,14,16H,2-5,10,13H2,1H3. The molecular weight excluding hydrogens is 326 g/mol. The lowest BCUT2D eigenvalue weighted by molar-refractivity contribution is 0.0680. The fourth-order valence-corrected chi connectivity index (χ4v) is 3.74. The number of nitrogens with zero attached hydrogens (tertiary/aromatic N) is 3. The number of imidazole rings is 1. The number of hydrogen-bond acceptors (Lipinski definition) is 4. The Morgan fingerprint density at radius 3 is 2.88 bits per heavy atom. The van der Waals surface area contributed by atoms with Gasteiger partial charge in [0.1, 0.15) is 18.1 Å². The molecule has 0 radical (unpaired) electrons. The average molecular weight is 349 g/mol. The first-order valence-corrected chi connectivity index (χ1v) is 9.45. The van der Waals surface area contributed by atoms with Crippen LogP contribution in [-0.4, -0.2) is 33.9 Å². The largest absolute Gasteiger partial charge is 0.491 e. The van der Waals surface area contributed by atoms with Gasteiger partial charge in [0.05, 0.1) is 11.6 Å². The Morgan fingerprint density at radius 2 is 2.15 bits per heavy atom. The number of benzene rings is 1. The van der Waals surface area contributed by atoms with Gasteiger partial charge in [0.2, 0.25) is 0 Å². The Labute approximate surface area is 153 Å². The summed E-state index contributed by atoms with van der Waals surface area (Å²) in [5, 5.41) is 1.20. The zero-order valence-corrected chi connectivity index (χ0v) is 15.0. The fourth-order valence-electron chi connectivity index (χ4n) is 3.74. The lowest BCUT2D eigenvalue weighted by Crippen LogP contribution is -2.16. The molecule has 134 valence electrons. The number of fused-ring (bicyclic) bond motifs is 1. The van der Waals surface area contributed by atoms with Crippen molar-refractivity contribution in [2.75, 3.05) is 13.2 Å². The van der Waals surface area contributed by atoms with E-state index in [4.69, 9.17) is 14.5 Å². The molecule has 0 bridgehead atoms. The van der Waals surface area contributed by atoms with Crippen LogP contribution in [-0.2, 0) is 11.8 Å². The highest BCUT2D eigenvalue weighted by Crippen LogP contribution is 2.44. The van der Waals surface area contributed by atoms with Gasteiger partial charge in [-0.1, -0.05) is 0 Å². The van der Waals surface area contributed by atoms with Crippen LogP contribution in [0.5, 0.6) is 5.75 Å². The molecule has 5 nitrogen and oxygen atoms in total. The van der Waals surface area contributed by atoms with E-state index in [1.54, 1.807) is 0 Å². The van der Waals surface area contributed by atoms with E-state index in [-0.39, 0.29) is 6.10 Å². The van der Waals surface area contributed by atoms with Crippen LogP contribution in [0.25, 0.3) is 22.4 Å². The lowest BCUT2D eigenvalue weighted by atomic mass is 10.0. The molecule has 0 N–H and O–H groups in total. The molecule has 3 aromatic rings. The second kappa shape index (κ2) is 6.40. The summed E-state index contributed by atoms with van der Waals surface area (Å²) in [6, 6.07) is 8.45. The van der Waals surface area contributed by atoms with E-state index < -0.39 is 0 Å². The maximum atomic E-state index is 6.01. The van der Waals surface area contributed by atoms with Crippen LogP contribution in [0.3, 0.4) is 0 Å². The van der Waals surface area contributed by atoms with Gasteiger partial charge in [-0.2, -0.15) is 0 Å². The zero-order chi connectivity index (χ0) is 17.5. The molecule has 1 saturated heterocycles. The van der Waals surface area contributed by atoms with Crippen LogP contribution in [0.1, 0.15) is 37.2 Å². The van der Waals surface area contributed by atoms with Gasteiger partial charge in [-0.3, -0.25) is 0 Å². The smallest absolute Gasteiger partial charge is 0.158 e. The molecule has 3 heterocycles. The lowest BCUT2D eigenvalue weighted by Gasteiger charge is -2.14. The third kappa shape index (κ3) is 2.97. The van der Waals surface area contributed by atoms with Crippen molar-refractivity contribution < 1.29 is 9.47 Å². The number of aromatic nitrogens is 3. The van der Waals surface area contributed by atoms with Crippen molar-refractivity contribution in [3.05, 3.63) is 42.2 Å². The third-order valence-electron chi connectivity index (χ3n) is 5.34. The molecule has 5 rings (SSSR count). The molecule has 1 aliphatic carbocycles. The molecule has 1 atom stereocenters. The quantitative estimate of drug-likeness (QED) is 0.697. The predicted molar refractivity (Wildman–Crippen MR) is 100 cm³/mol. The number of aryl methyl sites for hydroxylation is 1. The molecule has 5 heteroatoms. The van der Waals surface area contributed by atoms with Crippen molar-refractivity contribution in [3.8, 4) is 17.3 Å².